The van der Waals surface area contributed by atoms with Crippen molar-refractivity contribution < 1.29 is 9.59 Å². The van der Waals surface area contributed by atoms with Crippen LogP contribution in [0.3, 0.4) is 0 Å². The zero-order chi connectivity index (χ0) is 19.0. The van der Waals surface area contributed by atoms with Crippen LogP contribution < -0.4 is 10.2 Å². The normalized spacial score (nSPS) is 19.7. The number of hydrogen-bond donors (Lipinski definition) is 1. The molecule has 7 heteroatoms. The van der Waals surface area contributed by atoms with Crippen molar-refractivity contribution in [3.63, 3.8) is 0 Å². The molecule has 144 valence electrons. The average molecular weight is 369 g/mol. The van der Waals surface area contributed by atoms with E-state index < -0.39 is 6.03 Å². The van der Waals surface area contributed by atoms with E-state index in [1.165, 1.54) is 31.4 Å². The van der Waals surface area contributed by atoms with Crippen LogP contribution in [0.1, 0.15) is 44.1 Å². The predicted molar refractivity (Wildman–Crippen MR) is 105 cm³/mol. The number of aromatic nitrogens is 2. The van der Waals surface area contributed by atoms with Crippen molar-refractivity contribution in [1.29, 1.82) is 0 Å². The molecule has 2 fully saturated rings. The molecule has 2 aromatic rings. The highest BCUT2D eigenvalue weighted by molar-refractivity contribution is 6.08. The lowest BCUT2D eigenvalue weighted by molar-refractivity contribution is -0.120. The zero-order valence-corrected chi connectivity index (χ0v) is 16.1. The highest BCUT2D eigenvalue weighted by Crippen LogP contribution is 2.33. The highest BCUT2D eigenvalue weighted by atomic mass is 16.2. The Hall–Kier alpha value is -2.41. The first-order valence-electron chi connectivity index (χ1n) is 9.87. The number of benzene rings is 1. The van der Waals surface area contributed by atoms with Crippen molar-refractivity contribution in [1.82, 2.24) is 20.0 Å². The highest BCUT2D eigenvalue weighted by Gasteiger charge is 2.28. The molecule has 4 rings (SSSR count). The molecule has 0 bridgehead atoms. The molecule has 0 unspecified atom stereocenters. The summed E-state index contributed by atoms with van der Waals surface area (Å²) in [5, 5.41) is 7.90. The van der Waals surface area contributed by atoms with Crippen LogP contribution in [0.2, 0.25) is 0 Å². The summed E-state index contributed by atoms with van der Waals surface area (Å²) in [7, 11) is 1.91. The molecule has 27 heavy (non-hydrogen) atoms. The summed E-state index contributed by atoms with van der Waals surface area (Å²) in [5.41, 5.74) is 2.38. The van der Waals surface area contributed by atoms with Crippen molar-refractivity contribution in [3.8, 4) is 0 Å². The fourth-order valence-electron chi connectivity index (χ4n) is 4.28. The Labute approximate surface area is 159 Å². The SMILES string of the molecule is CCCN1CCC(c2ccc3c(N4CCC(=O)NC4=O)nn(C)c3c2)CC1. The van der Waals surface area contributed by atoms with E-state index >= 15 is 0 Å². The maximum Gasteiger partial charge on any atom is 0.329 e. The van der Waals surface area contributed by atoms with Gasteiger partial charge in [0.15, 0.2) is 5.82 Å². The molecule has 1 N–H and O–H groups in total. The third-order valence-electron chi connectivity index (χ3n) is 5.76. The number of hydrogen-bond acceptors (Lipinski definition) is 4. The Morgan fingerprint density at radius 1 is 1.19 bits per heavy atom. The van der Waals surface area contributed by atoms with Crippen molar-refractivity contribution in [2.75, 3.05) is 31.1 Å². The van der Waals surface area contributed by atoms with Crippen LogP contribution in [0.4, 0.5) is 10.6 Å². The number of rotatable bonds is 4. The molecule has 2 aliphatic heterocycles. The lowest BCUT2D eigenvalue weighted by Crippen LogP contribution is -2.49. The van der Waals surface area contributed by atoms with Gasteiger partial charge in [-0.2, -0.15) is 5.10 Å². The molecule has 1 aromatic heterocycles. The molecular formula is C20H27N5O2. The summed E-state index contributed by atoms with van der Waals surface area (Å²) in [4.78, 5) is 27.7. The average Bonchev–Trinajstić information content (AvgIpc) is 2.99. The Morgan fingerprint density at radius 2 is 1.96 bits per heavy atom. The number of fused-ring (bicyclic) bond motifs is 1. The van der Waals surface area contributed by atoms with E-state index in [4.69, 9.17) is 0 Å². The Balaban J connectivity index is 1.58. The van der Waals surface area contributed by atoms with Crippen LogP contribution in [-0.4, -0.2) is 52.8 Å². The monoisotopic (exact) mass is 369 g/mol. The number of aryl methyl sites for hydroxylation is 1. The van der Waals surface area contributed by atoms with Gasteiger partial charge in [-0.25, -0.2) is 4.79 Å². The molecule has 1 aromatic carbocycles. The molecule has 0 atom stereocenters. The van der Waals surface area contributed by atoms with Crippen LogP contribution in [-0.2, 0) is 11.8 Å². The van der Waals surface area contributed by atoms with E-state index in [1.54, 1.807) is 4.90 Å². The van der Waals surface area contributed by atoms with Crippen molar-refractivity contribution >= 4 is 28.7 Å². The number of carbonyl (C=O) groups is 2. The second-order valence-corrected chi connectivity index (χ2v) is 7.59. The molecule has 2 saturated heterocycles. The molecular weight excluding hydrogens is 342 g/mol. The van der Waals surface area contributed by atoms with Crippen molar-refractivity contribution in [2.45, 2.75) is 38.5 Å². The van der Waals surface area contributed by atoms with Crippen LogP contribution in [0, 0.1) is 0 Å². The van der Waals surface area contributed by atoms with Gasteiger partial charge in [0.2, 0.25) is 5.91 Å². The summed E-state index contributed by atoms with van der Waals surface area (Å²) in [6.07, 6.45) is 3.89. The number of amides is 3. The minimum absolute atomic E-state index is 0.229. The number of likely N-dealkylation sites (tertiary alicyclic amines) is 1. The van der Waals surface area contributed by atoms with Crippen LogP contribution in [0.25, 0.3) is 10.9 Å². The Morgan fingerprint density at radius 3 is 2.67 bits per heavy atom. The second-order valence-electron chi connectivity index (χ2n) is 7.59. The van der Waals surface area contributed by atoms with E-state index in [-0.39, 0.29) is 5.91 Å². The van der Waals surface area contributed by atoms with Crippen LogP contribution in [0.15, 0.2) is 18.2 Å². The quantitative estimate of drug-likeness (QED) is 0.899. The molecule has 3 heterocycles. The number of anilines is 1. The third kappa shape index (κ3) is 3.43. The number of carbonyl (C=O) groups excluding carboxylic acids is 2. The fraction of sp³-hybridized carbons (Fsp3) is 0.550. The van der Waals surface area contributed by atoms with Gasteiger partial charge in [-0.3, -0.25) is 19.7 Å². The minimum Gasteiger partial charge on any atom is -0.303 e. The predicted octanol–water partition coefficient (Wildman–Crippen LogP) is 2.61. The lowest BCUT2D eigenvalue weighted by Gasteiger charge is -2.32. The van der Waals surface area contributed by atoms with Gasteiger partial charge in [0, 0.05) is 25.4 Å². The molecule has 0 aliphatic carbocycles. The van der Waals surface area contributed by atoms with Gasteiger partial charge in [-0.05, 0) is 62.5 Å². The molecule has 3 amide bonds. The van der Waals surface area contributed by atoms with Gasteiger partial charge < -0.3 is 4.90 Å². The third-order valence-corrected chi connectivity index (χ3v) is 5.76. The molecule has 2 aliphatic rings. The maximum atomic E-state index is 12.2. The van der Waals surface area contributed by atoms with Gasteiger partial charge in [-0.1, -0.05) is 13.0 Å². The number of piperidine rings is 1. The summed E-state index contributed by atoms with van der Waals surface area (Å²) in [5.74, 6) is 0.978. The standard InChI is InChI=1S/C20H27N5O2/c1-3-9-24-10-6-14(7-11-24)15-4-5-16-17(13-15)23(2)22-19(16)25-12-8-18(26)21-20(25)27/h4-5,13-14H,3,6-12H2,1-2H3,(H,21,26,27). The minimum atomic E-state index is -0.390. The summed E-state index contributed by atoms with van der Waals surface area (Å²) >= 11 is 0. The van der Waals surface area contributed by atoms with Gasteiger partial charge in [0.05, 0.1) is 5.52 Å². The maximum absolute atomic E-state index is 12.2. The Bertz CT molecular complexity index is 867. The van der Waals surface area contributed by atoms with Gasteiger partial charge in [0.25, 0.3) is 0 Å². The molecule has 7 nitrogen and oxygen atoms in total. The van der Waals surface area contributed by atoms with E-state index in [2.05, 4.69) is 40.4 Å². The summed E-state index contributed by atoms with van der Waals surface area (Å²) < 4.78 is 1.84. The first-order chi connectivity index (χ1) is 13.1. The van der Waals surface area contributed by atoms with Gasteiger partial charge >= 0.3 is 6.03 Å². The van der Waals surface area contributed by atoms with E-state index in [9.17, 15) is 9.59 Å². The zero-order valence-electron chi connectivity index (χ0n) is 16.1. The largest absolute Gasteiger partial charge is 0.329 e. The van der Waals surface area contributed by atoms with Crippen LogP contribution in [0.5, 0.6) is 0 Å². The number of nitrogens with zero attached hydrogens (tertiary/aromatic N) is 4. The molecule has 0 saturated carbocycles. The van der Waals surface area contributed by atoms with Crippen molar-refractivity contribution in [2.24, 2.45) is 7.05 Å². The summed E-state index contributed by atoms with van der Waals surface area (Å²) in [6, 6.07) is 6.09. The number of imide groups is 1. The number of nitrogens with one attached hydrogen (secondary N) is 1. The first-order valence-corrected chi connectivity index (χ1v) is 9.87. The van der Waals surface area contributed by atoms with E-state index in [0.717, 1.165) is 24.0 Å². The summed E-state index contributed by atoms with van der Waals surface area (Å²) in [6.45, 7) is 6.12. The fourth-order valence-corrected chi connectivity index (χ4v) is 4.28. The van der Waals surface area contributed by atoms with Gasteiger partial charge in [0.1, 0.15) is 0 Å². The van der Waals surface area contributed by atoms with Crippen LogP contribution >= 0.6 is 0 Å². The van der Waals surface area contributed by atoms with E-state index in [1.807, 2.05) is 11.7 Å². The van der Waals surface area contributed by atoms with E-state index in [0.29, 0.717) is 24.7 Å². The second kappa shape index (κ2) is 7.31. The Kier molecular flexibility index (Phi) is 4.86. The smallest absolute Gasteiger partial charge is 0.303 e. The van der Waals surface area contributed by atoms with Gasteiger partial charge in [-0.15, -0.1) is 0 Å². The topological polar surface area (TPSA) is 70.5 Å². The van der Waals surface area contributed by atoms with Crippen molar-refractivity contribution in [3.05, 3.63) is 23.8 Å². The number of urea groups is 1. The molecule has 0 radical (unpaired) electrons. The molecule has 0 spiro atoms. The first kappa shape index (κ1) is 18.0. The lowest BCUT2D eigenvalue weighted by atomic mass is 9.89.